The Morgan fingerprint density at radius 2 is 2.26 bits per heavy atom. The maximum atomic E-state index is 6.05. The zero-order valence-corrected chi connectivity index (χ0v) is 12.7. The summed E-state index contributed by atoms with van der Waals surface area (Å²) < 4.78 is 0. The molecule has 2 aromatic rings. The van der Waals surface area contributed by atoms with Crippen LogP contribution in [0.25, 0.3) is 0 Å². The highest BCUT2D eigenvalue weighted by atomic mass is 35.5. The van der Waals surface area contributed by atoms with E-state index >= 15 is 0 Å². The molecule has 0 bridgehead atoms. The predicted octanol–water partition coefficient (Wildman–Crippen LogP) is 3.81. The Bertz CT molecular complexity index is 485. The summed E-state index contributed by atoms with van der Waals surface area (Å²) in [5, 5.41) is 4.26. The van der Waals surface area contributed by atoms with Crippen molar-refractivity contribution in [1.29, 1.82) is 0 Å². The van der Waals surface area contributed by atoms with Crippen molar-refractivity contribution in [2.45, 2.75) is 19.8 Å². The molecule has 1 aromatic heterocycles. The minimum Gasteiger partial charge on any atom is -0.317 e. The van der Waals surface area contributed by atoms with E-state index in [0.29, 0.717) is 5.92 Å². The summed E-state index contributed by atoms with van der Waals surface area (Å²) in [6, 6.07) is 8.16. The second kappa shape index (κ2) is 7.63. The summed E-state index contributed by atoms with van der Waals surface area (Å²) in [7, 11) is 0. The molecule has 1 aromatic carbocycles. The number of thiazole rings is 1. The topological polar surface area (TPSA) is 24.9 Å². The Morgan fingerprint density at radius 3 is 2.95 bits per heavy atom. The van der Waals surface area contributed by atoms with Crippen LogP contribution in [0, 0.1) is 5.92 Å². The molecule has 102 valence electrons. The predicted molar refractivity (Wildman–Crippen MR) is 83.0 cm³/mol. The number of nitrogens with one attached hydrogen (secondary N) is 1. The molecule has 0 radical (unpaired) electrons. The van der Waals surface area contributed by atoms with E-state index in [1.165, 1.54) is 10.4 Å². The van der Waals surface area contributed by atoms with Crippen LogP contribution in [0.3, 0.4) is 0 Å². The lowest BCUT2D eigenvalue weighted by molar-refractivity contribution is 0.481. The summed E-state index contributed by atoms with van der Waals surface area (Å²) in [5.41, 5.74) is 3.21. The normalized spacial score (nSPS) is 12.5. The Kier molecular flexibility index (Phi) is 5.83. The number of benzene rings is 1. The minimum absolute atomic E-state index is 0.582. The first-order valence-corrected chi connectivity index (χ1v) is 7.86. The molecular formula is C15H19ClN2S. The van der Waals surface area contributed by atoms with Crippen LogP contribution in [0.15, 0.2) is 36.0 Å². The van der Waals surface area contributed by atoms with E-state index in [1.807, 2.05) is 23.8 Å². The zero-order valence-electron chi connectivity index (χ0n) is 11.1. The Morgan fingerprint density at radius 1 is 1.37 bits per heavy atom. The van der Waals surface area contributed by atoms with E-state index in [-0.39, 0.29) is 0 Å². The number of nitrogens with zero attached hydrogens (tertiary/aromatic N) is 1. The van der Waals surface area contributed by atoms with Gasteiger partial charge in [-0.2, -0.15) is 0 Å². The van der Waals surface area contributed by atoms with E-state index in [0.717, 1.165) is 31.0 Å². The van der Waals surface area contributed by atoms with Gasteiger partial charge in [0.05, 0.1) is 5.51 Å². The Balaban J connectivity index is 2.00. The molecule has 0 aliphatic heterocycles. The van der Waals surface area contributed by atoms with Crippen LogP contribution in [0.4, 0.5) is 0 Å². The molecule has 2 nitrogen and oxygen atoms in total. The summed E-state index contributed by atoms with van der Waals surface area (Å²) in [6.07, 6.45) is 4.09. The fourth-order valence-corrected chi connectivity index (χ4v) is 3.11. The smallest absolute Gasteiger partial charge is 0.0794 e. The van der Waals surface area contributed by atoms with Gasteiger partial charge in [-0.1, -0.05) is 30.7 Å². The van der Waals surface area contributed by atoms with Gasteiger partial charge in [0.1, 0.15) is 0 Å². The lowest BCUT2D eigenvalue weighted by Crippen LogP contribution is -2.25. The molecule has 0 amide bonds. The SMILES string of the molecule is CCNCC(Cc1cccc(Cl)c1)Cc1cncs1. The molecule has 0 spiro atoms. The van der Waals surface area contributed by atoms with E-state index < -0.39 is 0 Å². The molecule has 19 heavy (non-hydrogen) atoms. The van der Waals surface area contributed by atoms with Crippen molar-refractivity contribution < 1.29 is 0 Å². The number of hydrogen-bond donors (Lipinski definition) is 1. The summed E-state index contributed by atoms with van der Waals surface area (Å²) in [6.45, 7) is 4.18. The van der Waals surface area contributed by atoms with Gasteiger partial charge in [0, 0.05) is 16.1 Å². The monoisotopic (exact) mass is 294 g/mol. The van der Waals surface area contributed by atoms with Crippen molar-refractivity contribution in [3.05, 3.63) is 51.4 Å². The van der Waals surface area contributed by atoms with Gasteiger partial charge in [-0.15, -0.1) is 11.3 Å². The molecule has 1 atom stereocenters. The third-order valence-electron chi connectivity index (χ3n) is 3.07. The minimum atomic E-state index is 0.582. The van der Waals surface area contributed by atoms with Gasteiger partial charge >= 0.3 is 0 Å². The van der Waals surface area contributed by atoms with E-state index in [4.69, 9.17) is 11.6 Å². The molecular weight excluding hydrogens is 276 g/mol. The zero-order chi connectivity index (χ0) is 13.5. The van der Waals surface area contributed by atoms with Gasteiger partial charge < -0.3 is 5.32 Å². The third kappa shape index (κ3) is 4.94. The van der Waals surface area contributed by atoms with Gasteiger partial charge in [-0.3, -0.25) is 4.98 Å². The molecule has 0 saturated carbocycles. The second-order valence-electron chi connectivity index (χ2n) is 4.68. The summed E-state index contributed by atoms with van der Waals surface area (Å²) in [4.78, 5) is 5.51. The molecule has 0 aliphatic carbocycles. The molecule has 2 rings (SSSR count). The Hall–Kier alpha value is -0.900. The van der Waals surface area contributed by atoms with Gasteiger partial charge in [0.2, 0.25) is 0 Å². The highest BCUT2D eigenvalue weighted by Crippen LogP contribution is 2.19. The van der Waals surface area contributed by atoms with Gasteiger partial charge in [-0.25, -0.2) is 0 Å². The maximum Gasteiger partial charge on any atom is 0.0794 e. The second-order valence-corrected chi connectivity index (χ2v) is 6.09. The first-order valence-electron chi connectivity index (χ1n) is 6.60. The van der Waals surface area contributed by atoms with Crippen LogP contribution < -0.4 is 5.32 Å². The van der Waals surface area contributed by atoms with E-state index in [1.54, 1.807) is 11.3 Å². The highest BCUT2D eigenvalue weighted by molar-refractivity contribution is 7.09. The molecule has 0 aliphatic rings. The van der Waals surface area contributed by atoms with Crippen LogP contribution in [0.2, 0.25) is 5.02 Å². The van der Waals surface area contributed by atoms with Gasteiger partial charge in [0.15, 0.2) is 0 Å². The summed E-state index contributed by atoms with van der Waals surface area (Å²) >= 11 is 7.79. The first kappa shape index (κ1) is 14.5. The van der Waals surface area contributed by atoms with Crippen molar-refractivity contribution >= 4 is 22.9 Å². The van der Waals surface area contributed by atoms with Crippen molar-refractivity contribution in [2.75, 3.05) is 13.1 Å². The fraction of sp³-hybridized carbons (Fsp3) is 0.400. The maximum absolute atomic E-state index is 6.05. The van der Waals surface area contributed by atoms with E-state index in [9.17, 15) is 0 Å². The van der Waals surface area contributed by atoms with Crippen molar-refractivity contribution in [1.82, 2.24) is 10.3 Å². The molecule has 0 saturated heterocycles. The third-order valence-corrected chi connectivity index (χ3v) is 4.11. The highest BCUT2D eigenvalue weighted by Gasteiger charge is 2.11. The quantitative estimate of drug-likeness (QED) is 0.840. The first-order chi connectivity index (χ1) is 9.28. The van der Waals surface area contributed by atoms with Crippen molar-refractivity contribution in [3.63, 3.8) is 0 Å². The summed E-state index contributed by atoms with van der Waals surface area (Å²) in [5.74, 6) is 0.582. The molecule has 1 N–H and O–H groups in total. The van der Waals surface area contributed by atoms with Crippen molar-refractivity contribution in [3.8, 4) is 0 Å². The average molecular weight is 295 g/mol. The average Bonchev–Trinajstić information content (AvgIpc) is 2.89. The van der Waals surface area contributed by atoms with Crippen molar-refractivity contribution in [2.24, 2.45) is 5.92 Å². The Labute approximate surface area is 123 Å². The molecule has 0 fully saturated rings. The molecule has 1 unspecified atom stereocenters. The van der Waals surface area contributed by atoms with Crippen LogP contribution in [0.5, 0.6) is 0 Å². The fourth-order valence-electron chi connectivity index (χ4n) is 2.19. The van der Waals surface area contributed by atoms with Crippen LogP contribution in [-0.4, -0.2) is 18.1 Å². The number of halogens is 1. The van der Waals surface area contributed by atoms with Gasteiger partial charge in [0.25, 0.3) is 0 Å². The lowest BCUT2D eigenvalue weighted by atomic mass is 9.95. The number of hydrogen-bond acceptors (Lipinski definition) is 3. The van der Waals surface area contributed by atoms with Crippen LogP contribution in [0.1, 0.15) is 17.4 Å². The lowest BCUT2D eigenvalue weighted by Gasteiger charge is -2.16. The number of aromatic nitrogens is 1. The van der Waals surface area contributed by atoms with Gasteiger partial charge in [-0.05, 0) is 49.5 Å². The van der Waals surface area contributed by atoms with E-state index in [2.05, 4.69) is 29.4 Å². The van der Waals surface area contributed by atoms with Crippen LogP contribution >= 0.6 is 22.9 Å². The van der Waals surface area contributed by atoms with Crippen LogP contribution in [-0.2, 0) is 12.8 Å². The number of rotatable bonds is 7. The molecule has 1 heterocycles. The standard InChI is InChI=1S/C15H19ClN2S/c1-2-17-9-13(8-15-10-18-11-19-15)6-12-4-3-5-14(16)7-12/h3-5,7,10-11,13,17H,2,6,8-9H2,1H3. The largest absolute Gasteiger partial charge is 0.317 e. The molecule has 4 heteroatoms.